The van der Waals surface area contributed by atoms with Gasteiger partial charge in [-0.05, 0) is 0 Å². The van der Waals surface area contributed by atoms with Gasteiger partial charge >= 0.3 is 0 Å². The maximum atomic E-state index is 9.12. The number of aliphatic hydroxyl groups excluding tert-OH is 5. The molecule has 1 heterocycles. The highest BCUT2D eigenvalue weighted by Crippen LogP contribution is 2.18. The van der Waals surface area contributed by atoms with Crippen LogP contribution in [0.15, 0.2) is 0 Å². The molecule has 0 bridgehead atoms. The van der Waals surface area contributed by atoms with Crippen LogP contribution in [0.5, 0.6) is 0 Å². The van der Waals surface area contributed by atoms with Gasteiger partial charge in [0.15, 0.2) is 6.29 Å². The summed E-state index contributed by atoms with van der Waals surface area (Å²) in [6, 6.07) is 0. The number of aliphatic hydroxyl groups is 5. The molecular formula is C6H13ClO6. The number of ether oxygens (including phenoxy) is 1. The van der Waals surface area contributed by atoms with E-state index in [0.717, 1.165) is 0 Å². The molecule has 1 rings (SSSR count). The summed E-state index contributed by atoms with van der Waals surface area (Å²) in [5.41, 5.74) is 0. The van der Waals surface area contributed by atoms with Crippen molar-refractivity contribution in [3.63, 3.8) is 0 Å². The van der Waals surface area contributed by atoms with Gasteiger partial charge in [-0.3, -0.25) is 0 Å². The molecule has 1 fully saturated rings. The van der Waals surface area contributed by atoms with Crippen molar-refractivity contribution in [3.05, 3.63) is 0 Å². The van der Waals surface area contributed by atoms with Crippen molar-refractivity contribution in [2.45, 2.75) is 30.7 Å². The molecule has 13 heavy (non-hydrogen) atoms. The Balaban J connectivity index is 0.00000144. The zero-order chi connectivity index (χ0) is 9.30. The normalized spacial score (nSPS) is 45.5. The van der Waals surface area contributed by atoms with E-state index in [2.05, 4.69) is 4.74 Å². The highest BCUT2D eigenvalue weighted by atomic mass is 35.5. The molecule has 1 unspecified atom stereocenters. The monoisotopic (exact) mass is 216 g/mol. The second-order valence-electron chi connectivity index (χ2n) is 2.72. The van der Waals surface area contributed by atoms with Gasteiger partial charge in [0.1, 0.15) is 24.4 Å². The van der Waals surface area contributed by atoms with Crippen LogP contribution in [0, 0.1) is 0 Å². The molecule has 5 atom stereocenters. The molecule has 0 aromatic carbocycles. The lowest BCUT2D eigenvalue weighted by atomic mass is 10.00. The van der Waals surface area contributed by atoms with Crippen LogP contribution < -0.4 is 0 Å². The van der Waals surface area contributed by atoms with Crippen LogP contribution in [-0.2, 0) is 4.74 Å². The summed E-state index contributed by atoms with van der Waals surface area (Å²) >= 11 is 0. The fourth-order valence-electron chi connectivity index (χ4n) is 1.08. The maximum absolute atomic E-state index is 9.12. The number of hydrogen-bond donors (Lipinski definition) is 5. The third-order valence-corrected chi connectivity index (χ3v) is 1.87. The van der Waals surface area contributed by atoms with Crippen LogP contribution in [-0.4, -0.2) is 62.8 Å². The molecule has 0 aromatic rings. The standard InChI is InChI=1S/C6H12O6.ClH/c7-1-2-3(8)4(9)5(10)6(11)12-2;/h2-11H,1H2;1H/t2-,3-,4-,5-,6?;/m1./s1. The Morgan fingerprint density at radius 1 is 0.923 bits per heavy atom. The van der Waals surface area contributed by atoms with Gasteiger partial charge in [-0.2, -0.15) is 0 Å². The highest BCUT2D eigenvalue weighted by molar-refractivity contribution is 5.85. The fraction of sp³-hybridized carbons (Fsp3) is 1.00. The summed E-state index contributed by atoms with van der Waals surface area (Å²) in [7, 11) is 0. The van der Waals surface area contributed by atoms with Crippen molar-refractivity contribution >= 4 is 12.4 Å². The number of hydrogen-bond acceptors (Lipinski definition) is 6. The van der Waals surface area contributed by atoms with E-state index in [1.807, 2.05) is 0 Å². The topological polar surface area (TPSA) is 110 Å². The Morgan fingerprint density at radius 2 is 1.46 bits per heavy atom. The molecular weight excluding hydrogens is 204 g/mol. The number of rotatable bonds is 1. The highest BCUT2D eigenvalue weighted by Gasteiger charge is 2.42. The summed E-state index contributed by atoms with van der Waals surface area (Å²) in [5, 5.41) is 44.7. The SMILES string of the molecule is Cl.OC[C@H]1OC(O)[C@H](O)[C@H](O)[C@@H]1O. The minimum absolute atomic E-state index is 0. The second-order valence-corrected chi connectivity index (χ2v) is 2.72. The Hall–Kier alpha value is 0.0500. The minimum Gasteiger partial charge on any atom is -0.394 e. The quantitative estimate of drug-likeness (QED) is 0.324. The Kier molecular flexibility index (Phi) is 5.08. The van der Waals surface area contributed by atoms with Gasteiger partial charge in [0.25, 0.3) is 0 Å². The lowest BCUT2D eigenvalue weighted by molar-refractivity contribution is -0.286. The summed E-state index contributed by atoms with van der Waals surface area (Å²) < 4.78 is 4.58. The van der Waals surface area contributed by atoms with Crippen molar-refractivity contribution in [3.8, 4) is 0 Å². The molecule has 5 N–H and O–H groups in total. The first-order chi connectivity index (χ1) is 5.57. The molecule has 0 saturated carbocycles. The molecule has 1 aliphatic rings. The van der Waals surface area contributed by atoms with Gasteiger partial charge in [-0.1, -0.05) is 0 Å². The molecule has 0 aliphatic carbocycles. The van der Waals surface area contributed by atoms with Crippen LogP contribution in [0.3, 0.4) is 0 Å². The van der Waals surface area contributed by atoms with E-state index in [9.17, 15) is 0 Å². The molecule has 7 heteroatoms. The molecule has 0 spiro atoms. The predicted octanol–water partition coefficient (Wildman–Crippen LogP) is -2.80. The molecule has 80 valence electrons. The predicted molar refractivity (Wildman–Crippen MR) is 43.2 cm³/mol. The van der Waals surface area contributed by atoms with Crippen LogP contribution in [0.4, 0.5) is 0 Å². The van der Waals surface area contributed by atoms with E-state index in [1.54, 1.807) is 0 Å². The van der Waals surface area contributed by atoms with Crippen molar-refractivity contribution < 1.29 is 30.3 Å². The van der Waals surface area contributed by atoms with Gasteiger partial charge in [-0.15, -0.1) is 12.4 Å². The molecule has 6 nitrogen and oxygen atoms in total. The van der Waals surface area contributed by atoms with Gasteiger partial charge in [0.05, 0.1) is 6.61 Å². The summed E-state index contributed by atoms with van der Waals surface area (Å²) in [5.74, 6) is 0. The van der Waals surface area contributed by atoms with Crippen molar-refractivity contribution in [1.82, 2.24) is 0 Å². The molecule has 0 amide bonds. The van der Waals surface area contributed by atoms with Crippen LogP contribution in [0.1, 0.15) is 0 Å². The number of halogens is 1. The van der Waals surface area contributed by atoms with Crippen molar-refractivity contribution in [1.29, 1.82) is 0 Å². The fourth-order valence-corrected chi connectivity index (χ4v) is 1.08. The third-order valence-electron chi connectivity index (χ3n) is 1.87. The average molecular weight is 217 g/mol. The summed E-state index contributed by atoms with van der Waals surface area (Å²) in [6.45, 7) is -0.526. The zero-order valence-corrected chi connectivity index (χ0v) is 7.46. The van der Waals surface area contributed by atoms with Gasteiger partial charge in [0, 0.05) is 0 Å². The molecule has 1 aliphatic heterocycles. The van der Waals surface area contributed by atoms with Gasteiger partial charge in [0.2, 0.25) is 0 Å². The third kappa shape index (κ3) is 2.50. The largest absolute Gasteiger partial charge is 0.394 e. The lowest BCUT2D eigenvalue weighted by Crippen LogP contribution is -2.58. The van der Waals surface area contributed by atoms with Crippen LogP contribution in [0.25, 0.3) is 0 Å². The van der Waals surface area contributed by atoms with E-state index >= 15 is 0 Å². The first kappa shape index (κ1) is 13.1. The lowest BCUT2D eigenvalue weighted by Gasteiger charge is -2.37. The summed E-state index contributed by atoms with van der Waals surface area (Å²) in [6.07, 6.45) is -7.04. The minimum atomic E-state index is -1.57. The smallest absolute Gasteiger partial charge is 0.184 e. The first-order valence-corrected chi connectivity index (χ1v) is 3.56. The van der Waals surface area contributed by atoms with E-state index in [1.165, 1.54) is 0 Å². The van der Waals surface area contributed by atoms with E-state index in [-0.39, 0.29) is 12.4 Å². The second kappa shape index (κ2) is 5.06. The van der Waals surface area contributed by atoms with Crippen molar-refractivity contribution in [2.24, 2.45) is 0 Å². The van der Waals surface area contributed by atoms with Gasteiger partial charge in [-0.25, -0.2) is 0 Å². The Morgan fingerprint density at radius 3 is 1.92 bits per heavy atom. The first-order valence-electron chi connectivity index (χ1n) is 3.56. The van der Waals surface area contributed by atoms with Gasteiger partial charge < -0.3 is 30.3 Å². The summed E-state index contributed by atoms with van der Waals surface area (Å²) in [4.78, 5) is 0. The average Bonchev–Trinajstić information content (AvgIpc) is 2.08. The Bertz CT molecular complexity index is 151. The van der Waals surface area contributed by atoms with E-state index in [0.29, 0.717) is 0 Å². The Labute approximate surface area is 80.8 Å². The molecule has 0 radical (unpaired) electrons. The molecule has 0 aromatic heterocycles. The van der Waals surface area contributed by atoms with E-state index in [4.69, 9.17) is 25.5 Å². The zero-order valence-electron chi connectivity index (χ0n) is 6.65. The van der Waals surface area contributed by atoms with Crippen LogP contribution >= 0.6 is 12.4 Å². The maximum Gasteiger partial charge on any atom is 0.184 e. The molecule has 1 saturated heterocycles. The van der Waals surface area contributed by atoms with E-state index < -0.39 is 37.3 Å². The van der Waals surface area contributed by atoms with Crippen molar-refractivity contribution in [2.75, 3.05) is 6.61 Å². The van der Waals surface area contributed by atoms with Crippen LogP contribution in [0.2, 0.25) is 0 Å².